The molecule has 0 aromatic heterocycles. The summed E-state index contributed by atoms with van der Waals surface area (Å²) in [5.74, 6) is -1.07. The highest BCUT2D eigenvalue weighted by atomic mass is 32.2. The lowest BCUT2D eigenvalue weighted by Gasteiger charge is -2.12. The highest BCUT2D eigenvalue weighted by Gasteiger charge is 2.16. The van der Waals surface area contributed by atoms with Crippen molar-refractivity contribution in [1.82, 2.24) is 0 Å². The summed E-state index contributed by atoms with van der Waals surface area (Å²) in [6, 6.07) is 16.2. The number of carbonyl (C=O) groups excluding carboxylic acids is 2. The fourth-order valence-electron chi connectivity index (χ4n) is 2.06. The molecule has 0 aliphatic carbocycles. The van der Waals surface area contributed by atoms with Crippen molar-refractivity contribution >= 4 is 35.4 Å². The number of ether oxygens (including phenoxy) is 1. The lowest BCUT2D eigenvalue weighted by Crippen LogP contribution is -2.29. The first kappa shape index (κ1) is 19.3. The predicted molar refractivity (Wildman–Crippen MR) is 103 cm³/mol. The minimum Gasteiger partial charge on any atom is -0.449 e. The summed E-state index contributed by atoms with van der Waals surface area (Å²) in [7, 11) is 0. The molecule has 1 amide bonds. The van der Waals surface area contributed by atoms with Crippen LogP contribution in [-0.4, -0.2) is 24.2 Å². The highest BCUT2D eigenvalue weighted by molar-refractivity contribution is 7.98. The molecule has 0 unspecified atom stereocenters. The molecule has 1 atom stereocenters. The molecule has 0 heterocycles. The smallest absolute Gasteiger partial charge is 0.331 e. The van der Waals surface area contributed by atoms with Crippen molar-refractivity contribution in [3.05, 3.63) is 65.7 Å². The van der Waals surface area contributed by atoms with E-state index in [0.29, 0.717) is 11.3 Å². The van der Waals surface area contributed by atoms with Gasteiger partial charge in [0.05, 0.1) is 11.6 Å². The van der Waals surface area contributed by atoms with Gasteiger partial charge in [0, 0.05) is 16.7 Å². The first-order valence-electron chi connectivity index (χ1n) is 7.85. The Balaban J connectivity index is 1.89. The molecular weight excluding hydrogens is 348 g/mol. The van der Waals surface area contributed by atoms with Crippen LogP contribution in [-0.2, 0) is 14.3 Å². The van der Waals surface area contributed by atoms with Crippen molar-refractivity contribution in [3.8, 4) is 6.07 Å². The van der Waals surface area contributed by atoms with Crippen LogP contribution in [0.2, 0.25) is 0 Å². The van der Waals surface area contributed by atoms with Gasteiger partial charge in [-0.15, -0.1) is 11.8 Å². The minimum absolute atomic E-state index is 0.433. The maximum Gasteiger partial charge on any atom is 0.331 e. The van der Waals surface area contributed by atoms with Crippen LogP contribution in [0.5, 0.6) is 0 Å². The molecule has 6 heteroatoms. The largest absolute Gasteiger partial charge is 0.449 e. The summed E-state index contributed by atoms with van der Waals surface area (Å²) < 4.78 is 5.10. The lowest BCUT2D eigenvalue weighted by molar-refractivity contribution is -0.148. The Kier molecular flexibility index (Phi) is 7.01. The molecule has 132 valence electrons. The van der Waals surface area contributed by atoms with E-state index in [1.807, 2.05) is 36.6 Å². The van der Waals surface area contributed by atoms with Gasteiger partial charge in [0.15, 0.2) is 6.10 Å². The van der Waals surface area contributed by atoms with Crippen molar-refractivity contribution in [3.63, 3.8) is 0 Å². The number of nitrogens with zero attached hydrogens (tertiary/aromatic N) is 1. The standard InChI is InChI=1S/C20H18N2O3S/c1-14(20(24)22-17-5-3-4-16(12-17)13-21)25-19(23)11-8-15-6-9-18(26-2)10-7-15/h3-12,14H,1-2H3,(H,22,24)/b11-8+/t14-/m1/s1. The van der Waals surface area contributed by atoms with Crippen LogP contribution in [0.25, 0.3) is 6.08 Å². The third-order valence-electron chi connectivity index (χ3n) is 3.45. The molecule has 2 aromatic carbocycles. The molecular formula is C20H18N2O3S. The summed E-state index contributed by atoms with van der Waals surface area (Å²) in [5, 5.41) is 11.5. The zero-order valence-electron chi connectivity index (χ0n) is 14.4. The average Bonchev–Trinajstić information content (AvgIpc) is 2.66. The summed E-state index contributed by atoms with van der Waals surface area (Å²) in [4.78, 5) is 25.1. The number of benzene rings is 2. The summed E-state index contributed by atoms with van der Waals surface area (Å²) in [5.41, 5.74) is 1.77. The van der Waals surface area contributed by atoms with Gasteiger partial charge in [-0.25, -0.2) is 4.79 Å². The molecule has 0 fully saturated rings. The predicted octanol–water partition coefficient (Wildman–Crippen LogP) is 3.86. The molecule has 0 saturated carbocycles. The van der Waals surface area contributed by atoms with Gasteiger partial charge >= 0.3 is 5.97 Å². The van der Waals surface area contributed by atoms with Crippen molar-refractivity contribution in [1.29, 1.82) is 5.26 Å². The number of rotatable bonds is 6. The molecule has 0 aliphatic heterocycles. The molecule has 0 saturated heterocycles. The van der Waals surface area contributed by atoms with E-state index >= 15 is 0 Å². The van der Waals surface area contributed by atoms with Crippen molar-refractivity contribution in [2.24, 2.45) is 0 Å². The van der Waals surface area contributed by atoms with E-state index in [-0.39, 0.29) is 0 Å². The first-order chi connectivity index (χ1) is 12.5. The number of nitrogens with one attached hydrogen (secondary N) is 1. The Morgan fingerprint density at radius 3 is 2.62 bits per heavy atom. The molecule has 2 rings (SSSR count). The van der Waals surface area contributed by atoms with Gasteiger partial charge in [0.2, 0.25) is 0 Å². The van der Waals surface area contributed by atoms with E-state index in [1.165, 1.54) is 13.0 Å². The molecule has 0 radical (unpaired) electrons. The van der Waals surface area contributed by atoms with Crippen LogP contribution in [0.4, 0.5) is 5.69 Å². The summed E-state index contributed by atoms with van der Waals surface area (Å²) in [6.45, 7) is 1.49. The van der Waals surface area contributed by atoms with Gasteiger partial charge in [0.25, 0.3) is 5.91 Å². The third-order valence-corrected chi connectivity index (χ3v) is 4.19. The number of carbonyl (C=O) groups is 2. The second kappa shape index (κ2) is 9.44. The van der Waals surface area contributed by atoms with Crippen LogP contribution in [0.3, 0.4) is 0 Å². The Hall–Kier alpha value is -3.04. The van der Waals surface area contributed by atoms with Crippen LogP contribution >= 0.6 is 11.8 Å². The zero-order valence-corrected chi connectivity index (χ0v) is 15.2. The summed E-state index contributed by atoms with van der Waals surface area (Å²) in [6.07, 6.45) is 3.95. The van der Waals surface area contributed by atoms with Crippen LogP contribution in [0.15, 0.2) is 59.5 Å². The fourth-order valence-corrected chi connectivity index (χ4v) is 2.46. The van der Waals surface area contributed by atoms with Crippen LogP contribution in [0.1, 0.15) is 18.1 Å². The Morgan fingerprint density at radius 1 is 1.23 bits per heavy atom. The van der Waals surface area contributed by atoms with Crippen molar-refractivity contribution in [2.45, 2.75) is 17.9 Å². The Labute approximate surface area is 156 Å². The number of esters is 1. The molecule has 2 aromatic rings. The maximum atomic E-state index is 12.1. The summed E-state index contributed by atoms with van der Waals surface area (Å²) >= 11 is 1.64. The van der Waals surface area contributed by atoms with E-state index in [4.69, 9.17) is 10.00 Å². The number of hydrogen-bond donors (Lipinski definition) is 1. The zero-order chi connectivity index (χ0) is 18.9. The first-order valence-corrected chi connectivity index (χ1v) is 9.08. The Morgan fingerprint density at radius 2 is 1.96 bits per heavy atom. The molecule has 26 heavy (non-hydrogen) atoms. The quantitative estimate of drug-likeness (QED) is 0.477. The molecule has 0 aliphatic rings. The molecule has 0 bridgehead atoms. The second-order valence-electron chi connectivity index (χ2n) is 5.37. The second-order valence-corrected chi connectivity index (χ2v) is 6.25. The third kappa shape index (κ3) is 5.80. The topological polar surface area (TPSA) is 79.2 Å². The number of thioether (sulfide) groups is 1. The van der Waals surface area contributed by atoms with E-state index in [1.54, 1.807) is 42.1 Å². The van der Waals surface area contributed by atoms with Gasteiger partial charge in [-0.2, -0.15) is 5.26 Å². The van der Waals surface area contributed by atoms with E-state index in [0.717, 1.165) is 10.5 Å². The van der Waals surface area contributed by atoms with Gasteiger partial charge in [-0.1, -0.05) is 18.2 Å². The normalized spacial score (nSPS) is 11.6. The monoisotopic (exact) mass is 366 g/mol. The Bertz CT molecular complexity index is 854. The van der Waals surface area contributed by atoms with E-state index in [2.05, 4.69) is 5.32 Å². The number of amides is 1. The van der Waals surface area contributed by atoms with Crippen LogP contribution in [0, 0.1) is 11.3 Å². The van der Waals surface area contributed by atoms with Crippen molar-refractivity contribution < 1.29 is 14.3 Å². The van der Waals surface area contributed by atoms with Crippen molar-refractivity contribution in [2.75, 3.05) is 11.6 Å². The number of anilines is 1. The maximum absolute atomic E-state index is 12.1. The highest BCUT2D eigenvalue weighted by Crippen LogP contribution is 2.15. The van der Waals surface area contributed by atoms with Gasteiger partial charge < -0.3 is 10.1 Å². The minimum atomic E-state index is -0.961. The number of nitriles is 1. The molecule has 0 spiro atoms. The molecule has 5 nitrogen and oxygen atoms in total. The molecule has 1 N–H and O–H groups in total. The SMILES string of the molecule is CSc1ccc(/C=C/C(=O)O[C@H](C)C(=O)Nc2cccc(C#N)c2)cc1. The van der Waals surface area contributed by atoms with E-state index in [9.17, 15) is 9.59 Å². The van der Waals surface area contributed by atoms with Crippen LogP contribution < -0.4 is 5.32 Å². The fraction of sp³-hybridized carbons (Fsp3) is 0.150. The average molecular weight is 366 g/mol. The van der Waals surface area contributed by atoms with Gasteiger partial charge in [-0.05, 0) is 55.2 Å². The van der Waals surface area contributed by atoms with Gasteiger partial charge in [-0.3, -0.25) is 4.79 Å². The lowest BCUT2D eigenvalue weighted by atomic mass is 10.2. The van der Waals surface area contributed by atoms with Gasteiger partial charge in [0.1, 0.15) is 0 Å². The number of hydrogen-bond acceptors (Lipinski definition) is 5. The van der Waals surface area contributed by atoms with E-state index < -0.39 is 18.0 Å².